The maximum absolute atomic E-state index is 12.6. The van der Waals surface area contributed by atoms with Crippen LogP contribution in [-0.2, 0) is 32.1 Å². The fraction of sp³-hybridized carbons (Fsp3) is 0.433. The van der Waals surface area contributed by atoms with Crippen molar-refractivity contribution in [1.29, 1.82) is 0 Å². The lowest BCUT2D eigenvalue weighted by atomic mass is 9.87. The van der Waals surface area contributed by atoms with Crippen molar-refractivity contribution in [2.24, 2.45) is 5.92 Å². The number of hydrogen-bond acceptors (Lipinski definition) is 6. The highest BCUT2D eigenvalue weighted by molar-refractivity contribution is 5.89. The van der Waals surface area contributed by atoms with Crippen LogP contribution in [-0.4, -0.2) is 24.0 Å². The number of rotatable bonds is 12. The van der Waals surface area contributed by atoms with Gasteiger partial charge in [-0.2, -0.15) is 0 Å². The summed E-state index contributed by atoms with van der Waals surface area (Å²) in [7, 11) is 0. The molecule has 0 saturated heterocycles. The molecule has 2 aromatic carbocycles. The molecule has 1 saturated carbocycles. The van der Waals surface area contributed by atoms with Gasteiger partial charge in [0.15, 0.2) is 0 Å². The zero-order valence-corrected chi connectivity index (χ0v) is 21.1. The predicted octanol–water partition coefficient (Wildman–Crippen LogP) is 6.36. The zero-order valence-electron chi connectivity index (χ0n) is 21.1. The maximum Gasteiger partial charge on any atom is 0.338 e. The molecule has 192 valence electrons. The Bertz CT molecular complexity index is 1000. The highest BCUT2D eigenvalue weighted by Gasteiger charge is 2.29. The van der Waals surface area contributed by atoms with Crippen LogP contribution in [0.15, 0.2) is 61.2 Å². The molecule has 3 rings (SSSR count). The first kappa shape index (κ1) is 27.2. The van der Waals surface area contributed by atoms with E-state index in [1.54, 1.807) is 24.3 Å². The highest BCUT2D eigenvalue weighted by atomic mass is 16.5. The number of hydrogen-bond donors (Lipinski definition) is 0. The smallest absolute Gasteiger partial charge is 0.338 e. The molecule has 0 aromatic heterocycles. The average molecular weight is 493 g/mol. The first-order valence-corrected chi connectivity index (χ1v) is 12.9. The van der Waals surface area contributed by atoms with E-state index in [-0.39, 0.29) is 24.6 Å². The van der Waals surface area contributed by atoms with Gasteiger partial charge in [-0.25, -0.2) is 9.59 Å². The number of carbonyl (C=O) groups is 3. The first-order valence-electron chi connectivity index (χ1n) is 12.9. The van der Waals surface area contributed by atoms with Gasteiger partial charge in [0.2, 0.25) is 0 Å². The van der Waals surface area contributed by atoms with E-state index in [9.17, 15) is 14.4 Å². The second-order valence-electron chi connectivity index (χ2n) is 9.26. The van der Waals surface area contributed by atoms with Gasteiger partial charge in [-0.3, -0.25) is 4.79 Å². The number of benzene rings is 2. The summed E-state index contributed by atoms with van der Waals surface area (Å²) in [5.74, 6) is -0.725. The van der Waals surface area contributed by atoms with Gasteiger partial charge in [0.25, 0.3) is 0 Å². The van der Waals surface area contributed by atoms with Gasteiger partial charge in [0.05, 0.1) is 11.5 Å². The zero-order chi connectivity index (χ0) is 25.8. The monoisotopic (exact) mass is 492 g/mol. The summed E-state index contributed by atoms with van der Waals surface area (Å²) in [6, 6.07) is 14.6. The molecule has 1 fully saturated rings. The molecule has 0 radical (unpaired) electrons. The van der Waals surface area contributed by atoms with Gasteiger partial charge in [-0.1, -0.05) is 57.0 Å². The molecule has 6 heteroatoms. The average Bonchev–Trinajstić information content (AvgIpc) is 2.91. The van der Waals surface area contributed by atoms with Crippen LogP contribution in [0.3, 0.4) is 0 Å². The van der Waals surface area contributed by atoms with Crippen LogP contribution in [0, 0.1) is 5.92 Å². The maximum atomic E-state index is 12.6. The molecule has 0 bridgehead atoms. The SMILES string of the molecule is C=CC(=O)OCc1ccc(C(=O)OC2CCC(C(=O)Oc3ccc(CCCCCC)cc3)CC2)cc1. The van der Waals surface area contributed by atoms with Crippen molar-refractivity contribution in [3.05, 3.63) is 77.9 Å². The van der Waals surface area contributed by atoms with Gasteiger partial charge >= 0.3 is 17.9 Å². The number of ether oxygens (including phenoxy) is 3. The molecule has 0 N–H and O–H groups in total. The van der Waals surface area contributed by atoms with Gasteiger partial charge < -0.3 is 14.2 Å². The van der Waals surface area contributed by atoms with Gasteiger partial charge in [-0.15, -0.1) is 0 Å². The Morgan fingerprint density at radius 1 is 0.889 bits per heavy atom. The summed E-state index contributed by atoms with van der Waals surface area (Å²) in [6.45, 7) is 5.67. The van der Waals surface area contributed by atoms with E-state index in [4.69, 9.17) is 14.2 Å². The fourth-order valence-electron chi connectivity index (χ4n) is 4.27. The summed E-state index contributed by atoms with van der Waals surface area (Å²) in [6.07, 6.45) is 9.34. The summed E-state index contributed by atoms with van der Waals surface area (Å²) < 4.78 is 16.2. The minimum atomic E-state index is -0.496. The normalized spacial score (nSPS) is 17.1. The van der Waals surface area contributed by atoms with Crippen molar-refractivity contribution in [3.63, 3.8) is 0 Å². The molecule has 0 spiro atoms. The Morgan fingerprint density at radius 3 is 2.19 bits per heavy atom. The molecule has 0 amide bonds. The number of carbonyl (C=O) groups excluding carboxylic acids is 3. The summed E-state index contributed by atoms with van der Waals surface area (Å²) in [4.78, 5) is 36.3. The van der Waals surface area contributed by atoms with Crippen LogP contribution < -0.4 is 4.74 Å². The minimum Gasteiger partial charge on any atom is -0.459 e. The summed E-state index contributed by atoms with van der Waals surface area (Å²) in [5.41, 5.74) is 2.46. The lowest BCUT2D eigenvalue weighted by molar-refractivity contribution is -0.141. The van der Waals surface area contributed by atoms with Crippen LogP contribution >= 0.6 is 0 Å². The van der Waals surface area contributed by atoms with E-state index < -0.39 is 11.9 Å². The lowest BCUT2D eigenvalue weighted by Gasteiger charge is -2.27. The van der Waals surface area contributed by atoms with E-state index in [2.05, 4.69) is 13.5 Å². The number of unbranched alkanes of at least 4 members (excludes halogenated alkanes) is 3. The van der Waals surface area contributed by atoms with Crippen molar-refractivity contribution in [1.82, 2.24) is 0 Å². The largest absolute Gasteiger partial charge is 0.459 e. The van der Waals surface area contributed by atoms with Crippen molar-refractivity contribution in [2.75, 3.05) is 0 Å². The lowest BCUT2D eigenvalue weighted by Crippen LogP contribution is -2.30. The van der Waals surface area contributed by atoms with E-state index >= 15 is 0 Å². The Balaban J connectivity index is 1.39. The Labute approximate surface area is 213 Å². The fourth-order valence-corrected chi connectivity index (χ4v) is 4.27. The summed E-state index contributed by atoms with van der Waals surface area (Å²) in [5, 5.41) is 0. The standard InChI is InChI=1S/C30H36O6/c1-3-5-6-7-8-22-11-17-26(18-12-22)35-30(33)25-15-19-27(20-16-25)36-29(32)24-13-9-23(10-14-24)21-34-28(31)4-2/h4,9-14,17-18,25,27H,2-3,5-8,15-16,19-21H2,1H3. The molecule has 6 nitrogen and oxygen atoms in total. The molecule has 0 atom stereocenters. The van der Waals surface area contributed by atoms with Gasteiger partial charge in [-0.05, 0) is 73.9 Å². The third-order valence-corrected chi connectivity index (χ3v) is 6.48. The second kappa shape index (κ2) is 14.2. The molecular weight excluding hydrogens is 456 g/mol. The number of esters is 3. The summed E-state index contributed by atoms with van der Waals surface area (Å²) >= 11 is 0. The first-order chi connectivity index (χ1) is 17.5. The van der Waals surface area contributed by atoms with Gasteiger partial charge in [0.1, 0.15) is 18.5 Å². The van der Waals surface area contributed by atoms with E-state index in [1.807, 2.05) is 24.3 Å². The molecule has 36 heavy (non-hydrogen) atoms. The minimum absolute atomic E-state index is 0.115. The number of aryl methyl sites for hydroxylation is 1. The van der Waals surface area contributed by atoms with Crippen LogP contribution in [0.5, 0.6) is 5.75 Å². The van der Waals surface area contributed by atoms with Crippen LogP contribution in [0.25, 0.3) is 0 Å². The van der Waals surface area contributed by atoms with Gasteiger partial charge in [0, 0.05) is 6.08 Å². The molecule has 0 heterocycles. The van der Waals surface area contributed by atoms with Crippen LogP contribution in [0.1, 0.15) is 79.8 Å². The van der Waals surface area contributed by atoms with Crippen molar-refractivity contribution >= 4 is 17.9 Å². The van der Waals surface area contributed by atoms with Crippen molar-refractivity contribution in [2.45, 2.75) is 77.4 Å². The predicted molar refractivity (Wildman–Crippen MR) is 138 cm³/mol. The topological polar surface area (TPSA) is 78.9 Å². The Hall–Kier alpha value is -3.41. The van der Waals surface area contributed by atoms with E-state index in [1.165, 1.54) is 31.2 Å². The van der Waals surface area contributed by atoms with Crippen molar-refractivity contribution in [3.8, 4) is 5.75 Å². The molecule has 1 aliphatic rings. The van der Waals surface area contributed by atoms with E-state index in [0.29, 0.717) is 37.0 Å². The quantitative estimate of drug-likeness (QED) is 0.148. The Morgan fingerprint density at radius 2 is 1.56 bits per heavy atom. The molecule has 0 unspecified atom stereocenters. The third kappa shape index (κ3) is 8.67. The van der Waals surface area contributed by atoms with E-state index in [0.717, 1.165) is 18.1 Å². The third-order valence-electron chi connectivity index (χ3n) is 6.48. The molecular formula is C30H36O6. The molecule has 1 aliphatic carbocycles. The molecule has 2 aromatic rings. The van der Waals surface area contributed by atoms with Crippen LogP contribution in [0.2, 0.25) is 0 Å². The second-order valence-corrected chi connectivity index (χ2v) is 9.26. The Kier molecular flexibility index (Phi) is 10.7. The molecule has 0 aliphatic heterocycles. The van der Waals surface area contributed by atoms with Crippen molar-refractivity contribution < 1.29 is 28.6 Å². The highest BCUT2D eigenvalue weighted by Crippen LogP contribution is 2.29. The van der Waals surface area contributed by atoms with Crippen LogP contribution in [0.4, 0.5) is 0 Å².